The average Bonchev–Trinajstić information content (AvgIpc) is 2.46. The summed E-state index contributed by atoms with van der Waals surface area (Å²) in [6, 6.07) is 0. The Morgan fingerprint density at radius 3 is 1.73 bits per heavy atom. The molecule has 64 valence electrons. The van der Waals surface area contributed by atoms with Crippen LogP contribution >= 0.6 is 61.4 Å². The third-order valence-corrected chi connectivity index (χ3v) is 6.13. The monoisotopic (exact) mass is 242 g/mol. The van der Waals surface area contributed by atoms with E-state index in [1.54, 1.807) is 0 Å². The van der Waals surface area contributed by atoms with Crippen molar-refractivity contribution in [2.75, 3.05) is 17.3 Å². The summed E-state index contributed by atoms with van der Waals surface area (Å²) < 4.78 is 0.586. The highest BCUT2D eigenvalue weighted by Crippen LogP contribution is 2.46. The van der Waals surface area contributed by atoms with Crippen molar-refractivity contribution in [3.05, 3.63) is 9.81 Å². The van der Waals surface area contributed by atoms with Gasteiger partial charge >= 0.3 is 0 Å². The zero-order chi connectivity index (χ0) is 8.27. The van der Waals surface area contributed by atoms with Crippen LogP contribution in [0.2, 0.25) is 0 Å². The molecule has 0 spiro atoms. The molecule has 0 unspecified atom stereocenters. The van der Waals surface area contributed by atoms with Gasteiger partial charge < -0.3 is 0 Å². The van der Waals surface area contributed by atoms with E-state index in [9.17, 15) is 0 Å². The molecule has 0 bridgehead atoms. The van der Waals surface area contributed by atoms with Crippen LogP contribution in [0.25, 0.3) is 0 Å². The fourth-order valence-corrected chi connectivity index (χ4v) is 4.81. The van der Waals surface area contributed by atoms with Gasteiger partial charge in [-0.05, 0) is 0 Å². The van der Waals surface area contributed by atoms with Gasteiger partial charge in [0, 0.05) is 27.1 Å². The molecule has 0 fully saturated rings. The summed E-state index contributed by atoms with van der Waals surface area (Å²) >= 11 is 16.5. The summed E-state index contributed by atoms with van der Waals surface area (Å²) in [7, 11) is 0. The molecule has 0 radical (unpaired) electrons. The van der Waals surface area contributed by atoms with Crippen molar-refractivity contribution in [3.8, 4) is 0 Å². The molecule has 0 saturated carbocycles. The van der Waals surface area contributed by atoms with Crippen molar-refractivity contribution >= 4 is 61.4 Å². The Morgan fingerprint density at radius 2 is 1.45 bits per heavy atom. The molecule has 0 aromatic carbocycles. The summed E-state index contributed by atoms with van der Waals surface area (Å²) in [6.45, 7) is 0. The smallest absolute Gasteiger partial charge is 0.0679 e. The topological polar surface area (TPSA) is 0 Å². The standard InChI is InChI=1S/C6H10S5/c7-1-4-5(2-8)11-6(3-9)10-4/h6-9H,1-3H2. The van der Waals surface area contributed by atoms with Crippen molar-refractivity contribution in [2.45, 2.75) is 4.58 Å². The SMILES string of the molecule is SCC1=C(CS)SC(CS)S1. The summed E-state index contributed by atoms with van der Waals surface area (Å²) in [4.78, 5) is 2.76. The average molecular weight is 242 g/mol. The van der Waals surface area contributed by atoms with Crippen LogP contribution < -0.4 is 0 Å². The lowest BCUT2D eigenvalue weighted by molar-refractivity contribution is 1.48. The molecule has 0 saturated heterocycles. The van der Waals surface area contributed by atoms with Gasteiger partial charge in [-0.25, -0.2) is 0 Å². The van der Waals surface area contributed by atoms with E-state index in [1.165, 1.54) is 9.81 Å². The summed E-state index contributed by atoms with van der Waals surface area (Å²) in [5.41, 5.74) is 0. The maximum atomic E-state index is 4.26. The first-order valence-electron chi connectivity index (χ1n) is 3.19. The third-order valence-electron chi connectivity index (χ3n) is 1.29. The Morgan fingerprint density at radius 1 is 1.00 bits per heavy atom. The first-order valence-corrected chi connectivity index (χ1v) is 6.85. The van der Waals surface area contributed by atoms with Crippen molar-refractivity contribution in [2.24, 2.45) is 0 Å². The number of hydrogen-bond donors (Lipinski definition) is 3. The van der Waals surface area contributed by atoms with Crippen LogP contribution in [0.15, 0.2) is 9.81 Å². The maximum absolute atomic E-state index is 4.26. The first-order chi connectivity index (χ1) is 5.31. The molecule has 11 heavy (non-hydrogen) atoms. The molecular weight excluding hydrogens is 232 g/mol. The molecule has 0 N–H and O–H groups in total. The highest BCUT2D eigenvalue weighted by Gasteiger charge is 2.22. The predicted molar refractivity (Wildman–Crippen MR) is 67.6 cm³/mol. The Kier molecular flexibility index (Phi) is 5.06. The van der Waals surface area contributed by atoms with Gasteiger partial charge in [-0.1, -0.05) is 0 Å². The van der Waals surface area contributed by atoms with E-state index in [0.29, 0.717) is 4.58 Å². The normalized spacial score (nSPS) is 19.9. The van der Waals surface area contributed by atoms with Gasteiger partial charge in [-0.3, -0.25) is 0 Å². The third kappa shape index (κ3) is 2.72. The van der Waals surface area contributed by atoms with Gasteiger partial charge in [0.05, 0.1) is 4.58 Å². The molecule has 1 aliphatic rings. The summed E-state index contributed by atoms with van der Waals surface area (Å²) in [5.74, 6) is 2.61. The quantitative estimate of drug-likeness (QED) is 0.651. The fraction of sp³-hybridized carbons (Fsp3) is 0.667. The lowest BCUT2D eigenvalue weighted by Gasteiger charge is -2.02. The second-order valence-electron chi connectivity index (χ2n) is 2.01. The Balaban J connectivity index is 2.56. The molecule has 0 nitrogen and oxygen atoms in total. The van der Waals surface area contributed by atoms with E-state index in [2.05, 4.69) is 37.9 Å². The lowest BCUT2D eigenvalue weighted by Crippen LogP contribution is -1.92. The van der Waals surface area contributed by atoms with Gasteiger partial charge in [0.1, 0.15) is 0 Å². The lowest BCUT2D eigenvalue weighted by atomic mass is 10.6. The van der Waals surface area contributed by atoms with Gasteiger partial charge in [-0.15, -0.1) is 23.5 Å². The van der Waals surface area contributed by atoms with Crippen LogP contribution in [0.5, 0.6) is 0 Å². The van der Waals surface area contributed by atoms with Gasteiger partial charge in [0.2, 0.25) is 0 Å². The first kappa shape index (κ1) is 10.6. The molecule has 0 atom stereocenters. The van der Waals surface area contributed by atoms with Crippen molar-refractivity contribution in [1.29, 1.82) is 0 Å². The van der Waals surface area contributed by atoms with Crippen molar-refractivity contribution in [1.82, 2.24) is 0 Å². The van der Waals surface area contributed by atoms with Gasteiger partial charge in [0.25, 0.3) is 0 Å². The zero-order valence-electron chi connectivity index (χ0n) is 5.86. The largest absolute Gasteiger partial charge is 0.177 e. The second-order valence-corrected chi connectivity index (χ2v) is 5.90. The molecule has 1 rings (SSSR count). The van der Waals surface area contributed by atoms with E-state index in [4.69, 9.17) is 0 Å². The Labute approximate surface area is 92.6 Å². The Bertz CT molecular complexity index is 148. The van der Waals surface area contributed by atoms with Crippen LogP contribution in [-0.4, -0.2) is 21.8 Å². The van der Waals surface area contributed by atoms with Crippen molar-refractivity contribution in [3.63, 3.8) is 0 Å². The summed E-state index contributed by atoms with van der Waals surface area (Å²) in [6.07, 6.45) is 0. The van der Waals surface area contributed by atoms with Crippen LogP contribution in [0.1, 0.15) is 0 Å². The molecule has 1 heterocycles. The van der Waals surface area contributed by atoms with E-state index in [0.717, 1.165) is 17.3 Å². The minimum atomic E-state index is 0.586. The minimum Gasteiger partial charge on any atom is -0.177 e. The van der Waals surface area contributed by atoms with Gasteiger partial charge in [-0.2, -0.15) is 37.9 Å². The predicted octanol–water partition coefficient (Wildman–Crippen LogP) is 2.79. The van der Waals surface area contributed by atoms with E-state index in [-0.39, 0.29) is 0 Å². The molecule has 0 aromatic heterocycles. The number of rotatable bonds is 3. The highest BCUT2D eigenvalue weighted by atomic mass is 32.2. The van der Waals surface area contributed by atoms with E-state index in [1.807, 2.05) is 23.5 Å². The van der Waals surface area contributed by atoms with Crippen molar-refractivity contribution < 1.29 is 0 Å². The van der Waals surface area contributed by atoms with Crippen LogP contribution in [0, 0.1) is 0 Å². The molecule has 0 aliphatic carbocycles. The fourth-order valence-electron chi connectivity index (χ4n) is 0.798. The van der Waals surface area contributed by atoms with Crippen LogP contribution in [0.4, 0.5) is 0 Å². The van der Waals surface area contributed by atoms with E-state index < -0.39 is 0 Å². The molecule has 0 amide bonds. The summed E-state index contributed by atoms with van der Waals surface area (Å²) in [5, 5.41) is 0. The molecule has 5 heteroatoms. The highest BCUT2D eigenvalue weighted by molar-refractivity contribution is 8.24. The molecular formula is C6H10S5. The maximum Gasteiger partial charge on any atom is 0.0679 e. The second kappa shape index (κ2) is 5.27. The number of thioether (sulfide) groups is 2. The Hall–Kier alpha value is 1.49. The van der Waals surface area contributed by atoms with Crippen LogP contribution in [-0.2, 0) is 0 Å². The molecule has 0 aromatic rings. The molecule has 1 aliphatic heterocycles. The minimum absolute atomic E-state index is 0.586. The van der Waals surface area contributed by atoms with Crippen LogP contribution in [0.3, 0.4) is 0 Å². The number of hydrogen-bond acceptors (Lipinski definition) is 5. The zero-order valence-corrected chi connectivity index (χ0v) is 10.2. The van der Waals surface area contributed by atoms with E-state index >= 15 is 0 Å². The van der Waals surface area contributed by atoms with Gasteiger partial charge in [0.15, 0.2) is 0 Å². The number of thiol groups is 3.